The molecule has 0 bridgehead atoms. The molecule has 0 heterocycles. The average Bonchev–Trinajstić information content (AvgIpc) is 2.53. The minimum atomic E-state index is -1.16. The lowest BCUT2D eigenvalue weighted by Gasteiger charge is -2.23. The van der Waals surface area contributed by atoms with E-state index in [1.165, 1.54) is 6.92 Å². The van der Waals surface area contributed by atoms with Crippen molar-refractivity contribution in [2.75, 3.05) is 0 Å². The Balaban J connectivity index is 2.79. The van der Waals surface area contributed by atoms with Crippen LogP contribution in [0.1, 0.15) is 39.7 Å². The second-order valence-corrected chi connectivity index (χ2v) is 6.82. The molecule has 1 rings (SSSR count). The molecule has 7 heteroatoms. The molecule has 0 spiro atoms. The van der Waals surface area contributed by atoms with Gasteiger partial charge in [-0.1, -0.05) is 42.5 Å². The topological polar surface area (TPSA) is 105 Å². The highest BCUT2D eigenvalue weighted by Crippen LogP contribution is 2.08. The van der Waals surface area contributed by atoms with Gasteiger partial charge >= 0.3 is 12.1 Å². The zero-order valence-corrected chi connectivity index (χ0v) is 15.5. The van der Waals surface area contributed by atoms with Gasteiger partial charge in [-0.05, 0) is 39.7 Å². The van der Waals surface area contributed by atoms with E-state index in [4.69, 9.17) is 9.84 Å². The number of carboxylic acid groups (broad SMARTS) is 1. The highest BCUT2D eigenvalue weighted by Gasteiger charge is 2.25. The number of carbonyl (C=O) groups is 3. The van der Waals surface area contributed by atoms with Crippen LogP contribution in [0.4, 0.5) is 4.79 Å². The fourth-order valence-electron chi connectivity index (χ4n) is 1.96. The molecule has 0 saturated heterocycles. The molecule has 7 nitrogen and oxygen atoms in total. The van der Waals surface area contributed by atoms with E-state index < -0.39 is 35.7 Å². The molecule has 1 aromatic rings. The number of hydrogen-bond acceptors (Lipinski definition) is 4. The quantitative estimate of drug-likeness (QED) is 0.691. The molecule has 0 radical (unpaired) electrons. The maximum absolute atomic E-state index is 12.3. The summed E-state index contributed by atoms with van der Waals surface area (Å²) in [5, 5.41) is 13.8. The minimum absolute atomic E-state index is 0.187. The van der Waals surface area contributed by atoms with Gasteiger partial charge in [0, 0.05) is 0 Å². The summed E-state index contributed by atoms with van der Waals surface area (Å²) in [5.41, 5.74) is 0.238. The number of ether oxygens (including phenoxy) is 1. The van der Waals surface area contributed by atoms with Gasteiger partial charge in [0.2, 0.25) is 5.91 Å². The summed E-state index contributed by atoms with van der Waals surface area (Å²) in [6, 6.07) is 7.45. The van der Waals surface area contributed by atoms with Crippen LogP contribution < -0.4 is 10.6 Å². The molecule has 2 atom stereocenters. The number of rotatable bonds is 7. The number of hydrogen-bond donors (Lipinski definition) is 3. The van der Waals surface area contributed by atoms with Crippen LogP contribution in [0.15, 0.2) is 36.4 Å². The van der Waals surface area contributed by atoms with Crippen molar-refractivity contribution in [3.63, 3.8) is 0 Å². The van der Waals surface area contributed by atoms with Crippen molar-refractivity contribution in [2.24, 2.45) is 0 Å². The van der Waals surface area contributed by atoms with Crippen LogP contribution in [0.25, 0.3) is 6.08 Å². The Hall–Kier alpha value is -2.83. The van der Waals surface area contributed by atoms with Gasteiger partial charge in [-0.3, -0.25) is 9.59 Å². The Labute approximate surface area is 153 Å². The largest absolute Gasteiger partial charge is 0.480 e. The van der Waals surface area contributed by atoms with Crippen molar-refractivity contribution in [3.05, 3.63) is 42.0 Å². The molecule has 1 aromatic carbocycles. The number of alkyl carbamates (subject to hydrolysis) is 1. The standard InChI is InChI=1S/C19H26N2O5/c1-13(17(23)24)20-16(22)15(21-18(25)26-19(2,3)4)12-8-11-14-9-6-5-7-10-14/h5-11,13,15H,12H2,1-4H3,(H,20,22)(H,21,25)(H,23,24)/t13-,15?/m0/s1. The van der Waals surface area contributed by atoms with Gasteiger partial charge in [0.25, 0.3) is 0 Å². The SMILES string of the molecule is C[C@H](NC(=O)C(CC=Cc1ccccc1)NC(=O)OC(C)(C)C)C(=O)O. The predicted octanol–water partition coefficient (Wildman–Crippen LogP) is 2.57. The van der Waals surface area contributed by atoms with Crippen LogP contribution in [-0.2, 0) is 14.3 Å². The Morgan fingerprint density at radius 2 is 1.77 bits per heavy atom. The second kappa shape index (κ2) is 9.60. The van der Waals surface area contributed by atoms with Gasteiger partial charge in [-0.25, -0.2) is 4.79 Å². The third kappa shape index (κ3) is 8.32. The molecule has 0 aliphatic carbocycles. The van der Waals surface area contributed by atoms with Gasteiger partial charge in [0.05, 0.1) is 0 Å². The molecule has 142 valence electrons. The fraction of sp³-hybridized carbons (Fsp3) is 0.421. The van der Waals surface area contributed by atoms with E-state index in [0.717, 1.165) is 5.56 Å². The van der Waals surface area contributed by atoms with E-state index in [0.29, 0.717) is 0 Å². The Morgan fingerprint density at radius 1 is 1.15 bits per heavy atom. The molecular weight excluding hydrogens is 336 g/mol. The van der Waals surface area contributed by atoms with Crippen LogP contribution in [0, 0.1) is 0 Å². The van der Waals surface area contributed by atoms with Crippen LogP contribution in [0.2, 0.25) is 0 Å². The third-order valence-corrected chi connectivity index (χ3v) is 3.22. The van der Waals surface area contributed by atoms with Crippen molar-refractivity contribution in [1.29, 1.82) is 0 Å². The zero-order chi connectivity index (χ0) is 19.7. The maximum atomic E-state index is 12.3. The molecule has 26 heavy (non-hydrogen) atoms. The third-order valence-electron chi connectivity index (χ3n) is 3.22. The molecule has 2 amide bonds. The van der Waals surface area contributed by atoms with Gasteiger partial charge in [-0.2, -0.15) is 0 Å². The number of carboxylic acids is 1. The monoisotopic (exact) mass is 362 g/mol. The second-order valence-electron chi connectivity index (χ2n) is 6.82. The molecule has 1 unspecified atom stereocenters. The van der Waals surface area contributed by atoms with Crippen LogP contribution in [0.5, 0.6) is 0 Å². The number of aliphatic carboxylic acids is 1. The predicted molar refractivity (Wildman–Crippen MR) is 98.5 cm³/mol. The molecule has 0 fully saturated rings. The summed E-state index contributed by atoms with van der Waals surface area (Å²) in [5.74, 6) is -1.75. The van der Waals surface area contributed by atoms with Crippen molar-refractivity contribution in [3.8, 4) is 0 Å². The van der Waals surface area contributed by atoms with Crippen LogP contribution >= 0.6 is 0 Å². The molecule has 0 saturated carbocycles. The van der Waals surface area contributed by atoms with E-state index in [2.05, 4.69) is 10.6 Å². The van der Waals surface area contributed by atoms with Crippen LogP contribution in [-0.4, -0.2) is 40.8 Å². The minimum Gasteiger partial charge on any atom is -0.480 e. The Kier molecular flexibility index (Phi) is 7.83. The maximum Gasteiger partial charge on any atom is 0.408 e. The van der Waals surface area contributed by atoms with E-state index in [9.17, 15) is 14.4 Å². The normalized spacial score (nSPS) is 13.7. The first-order valence-electron chi connectivity index (χ1n) is 8.33. The lowest BCUT2D eigenvalue weighted by atomic mass is 10.1. The highest BCUT2D eigenvalue weighted by atomic mass is 16.6. The van der Waals surface area contributed by atoms with E-state index in [1.807, 2.05) is 36.4 Å². The zero-order valence-electron chi connectivity index (χ0n) is 15.5. The molecular formula is C19H26N2O5. The summed E-state index contributed by atoms with van der Waals surface area (Å²) in [6.45, 7) is 6.49. The van der Waals surface area contributed by atoms with Crippen molar-refractivity contribution in [1.82, 2.24) is 10.6 Å². The summed E-state index contributed by atoms with van der Waals surface area (Å²) in [6.07, 6.45) is 3.00. The number of benzene rings is 1. The van der Waals surface area contributed by atoms with Gasteiger partial charge in [0.15, 0.2) is 0 Å². The van der Waals surface area contributed by atoms with Crippen molar-refractivity contribution >= 4 is 24.0 Å². The highest BCUT2D eigenvalue weighted by molar-refractivity contribution is 5.89. The molecule has 0 aliphatic heterocycles. The van der Waals surface area contributed by atoms with Gasteiger partial charge in [0.1, 0.15) is 17.7 Å². The first kappa shape index (κ1) is 21.2. The summed E-state index contributed by atoms with van der Waals surface area (Å²) < 4.78 is 5.16. The molecule has 0 aliphatic rings. The summed E-state index contributed by atoms with van der Waals surface area (Å²) in [7, 11) is 0. The fourth-order valence-corrected chi connectivity index (χ4v) is 1.96. The lowest BCUT2D eigenvalue weighted by molar-refractivity contribution is -0.141. The average molecular weight is 362 g/mol. The first-order valence-corrected chi connectivity index (χ1v) is 8.33. The summed E-state index contributed by atoms with van der Waals surface area (Å²) >= 11 is 0. The van der Waals surface area contributed by atoms with E-state index >= 15 is 0 Å². The van der Waals surface area contributed by atoms with E-state index in [1.54, 1.807) is 26.8 Å². The summed E-state index contributed by atoms with van der Waals surface area (Å²) in [4.78, 5) is 35.2. The molecule has 0 aromatic heterocycles. The lowest BCUT2D eigenvalue weighted by Crippen LogP contribution is -2.51. The van der Waals surface area contributed by atoms with Gasteiger partial charge < -0.3 is 20.5 Å². The molecule has 3 N–H and O–H groups in total. The van der Waals surface area contributed by atoms with E-state index in [-0.39, 0.29) is 6.42 Å². The van der Waals surface area contributed by atoms with Crippen molar-refractivity contribution < 1.29 is 24.2 Å². The smallest absolute Gasteiger partial charge is 0.408 e. The van der Waals surface area contributed by atoms with Crippen molar-refractivity contribution in [2.45, 2.75) is 51.8 Å². The Morgan fingerprint density at radius 3 is 2.31 bits per heavy atom. The number of nitrogens with one attached hydrogen (secondary N) is 2. The van der Waals surface area contributed by atoms with Gasteiger partial charge in [-0.15, -0.1) is 0 Å². The first-order chi connectivity index (χ1) is 12.1. The Bertz CT molecular complexity index is 650. The number of amides is 2. The van der Waals surface area contributed by atoms with Crippen LogP contribution in [0.3, 0.4) is 0 Å². The number of carbonyl (C=O) groups excluding carboxylic acids is 2.